The summed E-state index contributed by atoms with van der Waals surface area (Å²) in [6.07, 6.45) is 0. The summed E-state index contributed by atoms with van der Waals surface area (Å²) in [5, 5.41) is 4.69. The molecule has 3 nitrogen and oxygen atoms in total. The fourth-order valence-corrected chi connectivity index (χ4v) is 1.92. The van der Waals surface area contributed by atoms with Crippen LogP contribution in [0.25, 0.3) is 0 Å². The van der Waals surface area contributed by atoms with Crippen LogP contribution in [0.15, 0.2) is 30.3 Å². The summed E-state index contributed by atoms with van der Waals surface area (Å²) in [4.78, 5) is 12.1. The van der Waals surface area contributed by atoms with Gasteiger partial charge in [-0.2, -0.15) is 0 Å². The van der Waals surface area contributed by atoms with Gasteiger partial charge in [-0.25, -0.2) is 13.2 Å². The van der Waals surface area contributed by atoms with Crippen LogP contribution >= 0.6 is 0 Å². The van der Waals surface area contributed by atoms with E-state index in [-0.39, 0.29) is 16.8 Å². The number of nitrogens with one attached hydrogen (secondary N) is 2. The molecule has 0 radical (unpaired) electrons. The van der Waals surface area contributed by atoms with Crippen molar-refractivity contribution in [2.45, 2.75) is 6.92 Å². The summed E-state index contributed by atoms with van der Waals surface area (Å²) in [6.45, 7) is 1.45. The minimum atomic E-state index is -0.895. The number of para-hydroxylation sites is 1. The number of benzene rings is 2. The third-order valence-electron chi connectivity index (χ3n) is 3.03. The van der Waals surface area contributed by atoms with E-state index in [1.54, 1.807) is 0 Å². The number of aryl methyl sites for hydroxylation is 1. The maximum atomic E-state index is 13.9. The minimum Gasteiger partial charge on any atom is -0.385 e. The molecule has 2 rings (SSSR count). The molecule has 0 spiro atoms. The maximum Gasteiger partial charge on any atom is 0.258 e. The summed E-state index contributed by atoms with van der Waals surface area (Å²) in [5.41, 5.74) is -0.438. The Bertz CT molecular complexity index is 702. The van der Waals surface area contributed by atoms with Crippen molar-refractivity contribution in [2.24, 2.45) is 0 Å². The monoisotopic (exact) mass is 294 g/mol. The zero-order valence-electron chi connectivity index (χ0n) is 11.4. The summed E-state index contributed by atoms with van der Waals surface area (Å²) >= 11 is 0. The number of hydrogen-bond donors (Lipinski definition) is 2. The maximum absolute atomic E-state index is 13.9. The van der Waals surface area contributed by atoms with Gasteiger partial charge in [0.1, 0.15) is 17.3 Å². The van der Waals surface area contributed by atoms with Crippen molar-refractivity contribution in [3.8, 4) is 0 Å². The van der Waals surface area contributed by atoms with Gasteiger partial charge in [0, 0.05) is 7.05 Å². The molecule has 2 aromatic rings. The van der Waals surface area contributed by atoms with E-state index >= 15 is 0 Å². The van der Waals surface area contributed by atoms with Crippen molar-refractivity contribution < 1.29 is 18.0 Å². The van der Waals surface area contributed by atoms with Gasteiger partial charge in [-0.3, -0.25) is 4.79 Å². The van der Waals surface area contributed by atoms with Crippen LogP contribution in [0.2, 0.25) is 0 Å². The fourth-order valence-electron chi connectivity index (χ4n) is 1.92. The van der Waals surface area contributed by atoms with Crippen molar-refractivity contribution in [1.82, 2.24) is 0 Å². The molecule has 0 atom stereocenters. The van der Waals surface area contributed by atoms with Gasteiger partial charge in [0.05, 0.1) is 11.3 Å². The van der Waals surface area contributed by atoms with Crippen molar-refractivity contribution >= 4 is 17.3 Å². The molecule has 0 fully saturated rings. The molecule has 110 valence electrons. The van der Waals surface area contributed by atoms with E-state index < -0.39 is 29.0 Å². The molecule has 6 heteroatoms. The Morgan fingerprint density at radius 2 is 1.67 bits per heavy atom. The molecule has 0 bridgehead atoms. The van der Waals surface area contributed by atoms with Crippen LogP contribution in [0.3, 0.4) is 0 Å². The third kappa shape index (κ3) is 2.84. The number of rotatable bonds is 3. The molecular formula is C15H13F3N2O. The van der Waals surface area contributed by atoms with E-state index in [4.69, 9.17) is 0 Å². The van der Waals surface area contributed by atoms with Crippen LogP contribution in [0, 0.1) is 24.4 Å². The Morgan fingerprint density at radius 3 is 2.33 bits per heavy atom. The highest BCUT2D eigenvalue weighted by atomic mass is 19.1. The SMILES string of the molecule is CNc1c(F)cccc1C(=O)Nc1c(F)ccc(C)c1F. The smallest absolute Gasteiger partial charge is 0.258 e. The summed E-state index contributed by atoms with van der Waals surface area (Å²) in [5.74, 6) is -3.18. The topological polar surface area (TPSA) is 41.1 Å². The van der Waals surface area contributed by atoms with E-state index in [1.807, 2.05) is 0 Å². The highest BCUT2D eigenvalue weighted by molar-refractivity contribution is 6.08. The molecule has 0 saturated heterocycles. The molecule has 21 heavy (non-hydrogen) atoms. The highest BCUT2D eigenvalue weighted by Gasteiger charge is 2.18. The minimum absolute atomic E-state index is 0.0385. The zero-order chi connectivity index (χ0) is 15.6. The third-order valence-corrected chi connectivity index (χ3v) is 3.03. The molecular weight excluding hydrogens is 281 g/mol. The summed E-state index contributed by atoms with van der Waals surface area (Å²) < 4.78 is 41.1. The number of amides is 1. The fraction of sp³-hybridized carbons (Fsp3) is 0.133. The molecule has 0 saturated carbocycles. The Hall–Kier alpha value is -2.50. The van der Waals surface area contributed by atoms with Crippen molar-refractivity contribution in [3.05, 3.63) is 58.9 Å². The van der Waals surface area contributed by atoms with Crippen LogP contribution in [0.4, 0.5) is 24.5 Å². The predicted octanol–water partition coefficient (Wildman–Crippen LogP) is 3.71. The Labute approximate surface area is 119 Å². The van der Waals surface area contributed by atoms with Gasteiger partial charge in [-0.1, -0.05) is 12.1 Å². The highest BCUT2D eigenvalue weighted by Crippen LogP contribution is 2.24. The second-order valence-electron chi connectivity index (χ2n) is 4.42. The van der Waals surface area contributed by atoms with Crippen LogP contribution in [0.5, 0.6) is 0 Å². The second-order valence-corrected chi connectivity index (χ2v) is 4.42. The van der Waals surface area contributed by atoms with Gasteiger partial charge in [0.15, 0.2) is 5.82 Å². The van der Waals surface area contributed by atoms with E-state index in [1.165, 1.54) is 38.2 Å². The lowest BCUT2D eigenvalue weighted by atomic mass is 10.1. The molecule has 0 aliphatic carbocycles. The average molecular weight is 294 g/mol. The van der Waals surface area contributed by atoms with Gasteiger partial charge in [-0.15, -0.1) is 0 Å². The predicted molar refractivity (Wildman–Crippen MR) is 75.0 cm³/mol. The number of halogens is 3. The van der Waals surface area contributed by atoms with Gasteiger partial charge in [-0.05, 0) is 30.7 Å². The first-order valence-corrected chi connectivity index (χ1v) is 6.18. The van der Waals surface area contributed by atoms with Crippen molar-refractivity contribution in [3.63, 3.8) is 0 Å². The van der Waals surface area contributed by atoms with Gasteiger partial charge in [0.25, 0.3) is 5.91 Å². The zero-order valence-corrected chi connectivity index (χ0v) is 11.4. The molecule has 0 aliphatic rings. The number of carbonyl (C=O) groups is 1. The lowest BCUT2D eigenvalue weighted by Gasteiger charge is -2.12. The van der Waals surface area contributed by atoms with E-state index in [9.17, 15) is 18.0 Å². The molecule has 0 aliphatic heterocycles. The molecule has 0 aromatic heterocycles. The standard InChI is InChI=1S/C15H13F3N2O/c1-8-6-7-11(17)14(12(8)18)20-15(21)9-4-3-5-10(16)13(9)19-2/h3-7,19H,1-2H3,(H,20,21). The van der Waals surface area contributed by atoms with E-state index in [2.05, 4.69) is 10.6 Å². The summed E-state index contributed by atoms with van der Waals surface area (Å²) in [6, 6.07) is 6.19. The van der Waals surface area contributed by atoms with Crippen LogP contribution < -0.4 is 10.6 Å². The van der Waals surface area contributed by atoms with E-state index in [0.717, 1.165) is 6.07 Å². The van der Waals surface area contributed by atoms with Crippen molar-refractivity contribution in [1.29, 1.82) is 0 Å². The Balaban J connectivity index is 2.40. The van der Waals surface area contributed by atoms with Crippen LogP contribution in [-0.2, 0) is 0 Å². The molecule has 1 amide bonds. The first-order valence-electron chi connectivity index (χ1n) is 6.18. The quantitative estimate of drug-likeness (QED) is 0.906. The van der Waals surface area contributed by atoms with E-state index in [0.29, 0.717) is 0 Å². The number of carbonyl (C=O) groups excluding carboxylic acids is 1. The summed E-state index contributed by atoms with van der Waals surface area (Å²) in [7, 11) is 1.45. The Morgan fingerprint density at radius 1 is 1.00 bits per heavy atom. The normalized spacial score (nSPS) is 10.3. The average Bonchev–Trinajstić information content (AvgIpc) is 2.47. The van der Waals surface area contributed by atoms with Gasteiger partial charge >= 0.3 is 0 Å². The lowest BCUT2D eigenvalue weighted by Crippen LogP contribution is -2.17. The molecule has 2 aromatic carbocycles. The van der Waals surface area contributed by atoms with Crippen LogP contribution in [0.1, 0.15) is 15.9 Å². The van der Waals surface area contributed by atoms with Gasteiger partial charge < -0.3 is 10.6 Å². The number of anilines is 2. The van der Waals surface area contributed by atoms with Crippen molar-refractivity contribution in [2.75, 3.05) is 17.7 Å². The Kier molecular flexibility index (Phi) is 4.16. The second kappa shape index (κ2) is 5.87. The number of hydrogen-bond acceptors (Lipinski definition) is 2. The van der Waals surface area contributed by atoms with Gasteiger partial charge in [0.2, 0.25) is 0 Å². The molecule has 2 N–H and O–H groups in total. The molecule has 0 unspecified atom stereocenters. The molecule has 0 heterocycles. The lowest BCUT2D eigenvalue weighted by molar-refractivity contribution is 0.102. The van der Waals surface area contributed by atoms with Crippen LogP contribution in [-0.4, -0.2) is 13.0 Å². The first-order chi connectivity index (χ1) is 9.95. The first kappa shape index (κ1) is 14.9. The largest absolute Gasteiger partial charge is 0.385 e.